The highest BCUT2D eigenvalue weighted by atomic mass is 35.5. The summed E-state index contributed by atoms with van der Waals surface area (Å²) in [4.78, 5) is 24.8. The average molecular weight is 460 g/mol. The zero-order valence-electron chi connectivity index (χ0n) is 16.3. The molecule has 0 bridgehead atoms. The van der Waals surface area contributed by atoms with Crippen molar-refractivity contribution in [2.45, 2.75) is 23.5 Å². The molecule has 1 aliphatic carbocycles. The van der Waals surface area contributed by atoms with E-state index >= 15 is 0 Å². The molecule has 3 aromatic rings. The molecule has 1 unspecified atom stereocenters. The molecule has 11 heteroatoms. The number of fused-ring (bicyclic) bond motifs is 3. The number of hydrogen-bond acceptors (Lipinski definition) is 7. The SMILES string of the molecule is NC[C@@](O)(c1cnccn1)c1cc2c(c(-c3cc(Cl)c(F)cc3F)n1)OC1C[C@@]21C(N)=O. The van der Waals surface area contributed by atoms with Gasteiger partial charge >= 0.3 is 0 Å². The lowest BCUT2D eigenvalue weighted by molar-refractivity contribution is -0.120. The summed E-state index contributed by atoms with van der Waals surface area (Å²) < 4.78 is 34.4. The van der Waals surface area contributed by atoms with Gasteiger partial charge in [0.05, 0.1) is 22.6 Å². The lowest BCUT2D eigenvalue weighted by Crippen LogP contribution is -2.38. The van der Waals surface area contributed by atoms with E-state index in [0.717, 1.165) is 6.07 Å². The van der Waals surface area contributed by atoms with Crippen LogP contribution in [0.3, 0.4) is 0 Å². The number of rotatable bonds is 5. The fourth-order valence-electron chi connectivity index (χ4n) is 4.13. The fraction of sp³-hybridized carbons (Fsp3) is 0.238. The van der Waals surface area contributed by atoms with Gasteiger partial charge in [-0.05, 0) is 12.1 Å². The van der Waals surface area contributed by atoms with E-state index in [1.54, 1.807) is 0 Å². The van der Waals surface area contributed by atoms with E-state index in [1.165, 1.54) is 24.7 Å². The van der Waals surface area contributed by atoms with Crippen LogP contribution in [0.15, 0.2) is 36.8 Å². The number of carbonyl (C=O) groups is 1. The van der Waals surface area contributed by atoms with Crippen LogP contribution in [0, 0.1) is 11.6 Å². The van der Waals surface area contributed by atoms with Gasteiger partial charge in [0.15, 0.2) is 11.4 Å². The zero-order chi connectivity index (χ0) is 22.8. The number of primary amides is 1. The molecule has 1 fully saturated rings. The number of amides is 1. The van der Waals surface area contributed by atoms with Crippen LogP contribution in [-0.4, -0.2) is 38.6 Å². The van der Waals surface area contributed by atoms with Gasteiger partial charge < -0.3 is 21.3 Å². The first-order valence-corrected chi connectivity index (χ1v) is 9.96. The van der Waals surface area contributed by atoms with Crippen LogP contribution in [0.4, 0.5) is 8.78 Å². The normalized spacial score (nSPS) is 22.5. The van der Waals surface area contributed by atoms with Gasteiger partial charge in [-0.3, -0.25) is 14.8 Å². The lowest BCUT2D eigenvalue weighted by Gasteiger charge is -2.27. The van der Waals surface area contributed by atoms with Gasteiger partial charge in [-0.2, -0.15) is 0 Å². The summed E-state index contributed by atoms with van der Waals surface area (Å²) in [6.45, 7) is -0.350. The molecule has 2 aliphatic rings. The Hall–Kier alpha value is -3.21. The molecular weight excluding hydrogens is 444 g/mol. The largest absolute Gasteiger partial charge is 0.486 e. The van der Waals surface area contributed by atoms with Crippen molar-refractivity contribution in [1.29, 1.82) is 0 Å². The van der Waals surface area contributed by atoms with E-state index in [4.69, 9.17) is 27.8 Å². The van der Waals surface area contributed by atoms with E-state index in [9.17, 15) is 18.7 Å². The van der Waals surface area contributed by atoms with E-state index in [2.05, 4.69) is 15.0 Å². The van der Waals surface area contributed by atoms with Crippen LogP contribution in [-0.2, 0) is 15.8 Å². The maximum Gasteiger partial charge on any atom is 0.232 e. The first kappa shape index (κ1) is 20.7. The van der Waals surface area contributed by atoms with Crippen molar-refractivity contribution in [2.24, 2.45) is 11.5 Å². The Bertz CT molecular complexity index is 1280. The van der Waals surface area contributed by atoms with Gasteiger partial charge in [-0.1, -0.05) is 11.6 Å². The number of halogens is 3. The van der Waals surface area contributed by atoms with Crippen molar-refractivity contribution in [3.63, 3.8) is 0 Å². The molecule has 0 saturated heterocycles. The molecule has 5 rings (SSSR count). The van der Waals surface area contributed by atoms with Crippen LogP contribution in [0.25, 0.3) is 11.3 Å². The Balaban J connectivity index is 1.81. The molecule has 1 amide bonds. The maximum absolute atomic E-state index is 14.8. The minimum Gasteiger partial charge on any atom is -0.486 e. The van der Waals surface area contributed by atoms with Crippen molar-refractivity contribution in [3.8, 4) is 17.0 Å². The number of benzene rings is 1. The molecule has 3 atom stereocenters. The number of ether oxygens (including phenoxy) is 1. The first-order valence-electron chi connectivity index (χ1n) is 9.58. The van der Waals surface area contributed by atoms with Gasteiger partial charge in [-0.25, -0.2) is 13.8 Å². The molecule has 0 spiro atoms. The van der Waals surface area contributed by atoms with E-state index < -0.39 is 34.7 Å². The Labute approximate surface area is 185 Å². The second-order valence-electron chi connectivity index (χ2n) is 7.78. The topological polar surface area (TPSA) is 137 Å². The molecule has 0 radical (unpaired) electrons. The summed E-state index contributed by atoms with van der Waals surface area (Å²) >= 11 is 5.88. The van der Waals surface area contributed by atoms with Gasteiger partial charge in [-0.15, -0.1) is 0 Å². The summed E-state index contributed by atoms with van der Waals surface area (Å²) in [6, 6.07) is 3.14. The highest BCUT2D eigenvalue weighted by molar-refractivity contribution is 6.31. The summed E-state index contributed by atoms with van der Waals surface area (Å²) in [7, 11) is 0. The minimum atomic E-state index is -1.93. The highest BCUT2D eigenvalue weighted by Gasteiger charge is 2.68. The number of hydrogen-bond donors (Lipinski definition) is 3. The molecule has 3 heterocycles. The third kappa shape index (κ3) is 2.73. The number of nitrogens with two attached hydrogens (primary N) is 2. The number of aromatic nitrogens is 3. The van der Waals surface area contributed by atoms with Crippen LogP contribution >= 0.6 is 11.6 Å². The molecule has 1 saturated carbocycles. The van der Waals surface area contributed by atoms with E-state index in [0.29, 0.717) is 18.1 Å². The minimum absolute atomic E-state index is 0.0223. The Morgan fingerprint density at radius 1 is 1.28 bits per heavy atom. The summed E-state index contributed by atoms with van der Waals surface area (Å²) in [5.74, 6) is -2.41. The van der Waals surface area contributed by atoms with Gasteiger partial charge in [0.1, 0.15) is 28.8 Å². The molecule has 2 aromatic heterocycles. The molecule has 32 heavy (non-hydrogen) atoms. The van der Waals surface area contributed by atoms with Crippen LogP contribution < -0.4 is 16.2 Å². The molecule has 164 valence electrons. The Morgan fingerprint density at radius 2 is 2.06 bits per heavy atom. The second-order valence-corrected chi connectivity index (χ2v) is 8.19. The standard InChI is InChI=1S/C21H16ClF2N5O3/c22-11-3-9(12(23)5-13(11)24)17-18-10(20(19(26)30)6-16(20)32-18)4-14(29-17)21(31,8-25)15-7-27-1-2-28-15/h1-5,7,16,31H,6,8,25H2,(H2,26,30)/t16?,20-,21+/m1/s1. The van der Waals surface area contributed by atoms with Gasteiger partial charge in [0, 0.05) is 42.6 Å². The predicted molar refractivity (Wildman–Crippen MR) is 109 cm³/mol. The fourth-order valence-corrected chi connectivity index (χ4v) is 4.29. The lowest BCUT2D eigenvalue weighted by atomic mass is 9.88. The maximum atomic E-state index is 14.8. The Morgan fingerprint density at radius 3 is 2.72 bits per heavy atom. The monoisotopic (exact) mass is 459 g/mol. The van der Waals surface area contributed by atoms with Crippen molar-refractivity contribution in [1.82, 2.24) is 15.0 Å². The molecule has 8 nitrogen and oxygen atoms in total. The number of carbonyl (C=O) groups excluding carboxylic acids is 1. The van der Waals surface area contributed by atoms with Crippen LogP contribution in [0.5, 0.6) is 5.75 Å². The van der Waals surface area contributed by atoms with Crippen molar-refractivity contribution in [2.75, 3.05) is 6.54 Å². The number of nitrogens with zero attached hydrogens (tertiary/aromatic N) is 3. The number of aliphatic hydroxyl groups is 1. The van der Waals surface area contributed by atoms with Crippen molar-refractivity contribution in [3.05, 3.63) is 70.4 Å². The zero-order valence-corrected chi connectivity index (χ0v) is 17.1. The third-order valence-electron chi connectivity index (χ3n) is 6.02. The highest BCUT2D eigenvalue weighted by Crippen LogP contribution is 2.61. The molecule has 1 aliphatic heterocycles. The number of pyridine rings is 1. The molecule has 5 N–H and O–H groups in total. The Kier molecular flexibility index (Phi) is 4.45. The van der Waals surface area contributed by atoms with Crippen LogP contribution in [0.1, 0.15) is 23.4 Å². The third-order valence-corrected chi connectivity index (χ3v) is 6.31. The quantitative estimate of drug-likeness (QED) is 0.492. The van der Waals surface area contributed by atoms with Gasteiger partial charge in [0.25, 0.3) is 0 Å². The van der Waals surface area contributed by atoms with Crippen molar-refractivity contribution >= 4 is 17.5 Å². The second kappa shape index (κ2) is 6.89. The smallest absolute Gasteiger partial charge is 0.232 e. The molecule has 1 aromatic carbocycles. The van der Waals surface area contributed by atoms with E-state index in [-0.39, 0.29) is 40.0 Å². The predicted octanol–water partition coefficient (Wildman–Crippen LogP) is 1.55. The van der Waals surface area contributed by atoms with Crippen molar-refractivity contribution < 1.29 is 23.4 Å². The van der Waals surface area contributed by atoms with Crippen LogP contribution in [0.2, 0.25) is 5.02 Å². The van der Waals surface area contributed by atoms with E-state index in [1.807, 2.05) is 0 Å². The first-order chi connectivity index (χ1) is 15.2. The average Bonchev–Trinajstić information content (AvgIpc) is 3.43. The summed E-state index contributed by atoms with van der Waals surface area (Å²) in [6.07, 6.45) is 3.89. The van der Waals surface area contributed by atoms with Gasteiger partial charge in [0.2, 0.25) is 5.91 Å². The summed E-state index contributed by atoms with van der Waals surface area (Å²) in [5, 5.41) is 11.1. The molecular formula is C21H16ClF2N5O3. The summed E-state index contributed by atoms with van der Waals surface area (Å²) in [5.41, 5.74) is 8.66.